The maximum Gasteiger partial charge on any atom is 0.254 e. The van der Waals surface area contributed by atoms with Gasteiger partial charge in [-0.2, -0.15) is 0 Å². The predicted octanol–water partition coefficient (Wildman–Crippen LogP) is 1.19. The third kappa shape index (κ3) is 3.68. The SMILES string of the molecule is O=C(c1ccncc1)N1CC(C(=O)N2CCOCC2)C(c2cccnc2)C1. The topological polar surface area (TPSA) is 75.6 Å². The lowest BCUT2D eigenvalue weighted by molar-refractivity contribution is -0.139. The Balaban J connectivity index is 1.59. The van der Waals surface area contributed by atoms with E-state index in [0.717, 1.165) is 5.56 Å². The van der Waals surface area contributed by atoms with Gasteiger partial charge in [-0.25, -0.2) is 0 Å². The van der Waals surface area contributed by atoms with Gasteiger partial charge in [0.25, 0.3) is 5.91 Å². The minimum atomic E-state index is -0.266. The lowest BCUT2D eigenvalue weighted by Crippen LogP contribution is -2.45. The molecule has 4 rings (SSSR count). The van der Waals surface area contributed by atoms with Crippen LogP contribution in [0.4, 0.5) is 0 Å². The predicted molar refractivity (Wildman–Crippen MR) is 98.0 cm³/mol. The number of amides is 2. The molecule has 2 aliphatic heterocycles. The van der Waals surface area contributed by atoms with E-state index in [2.05, 4.69) is 9.97 Å². The van der Waals surface area contributed by atoms with Gasteiger partial charge in [-0.3, -0.25) is 19.6 Å². The number of morpholine rings is 1. The Morgan fingerprint density at radius 2 is 1.74 bits per heavy atom. The second kappa shape index (κ2) is 7.84. The molecule has 4 heterocycles. The fourth-order valence-corrected chi connectivity index (χ4v) is 3.85. The van der Waals surface area contributed by atoms with Gasteiger partial charge in [-0.05, 0) is 23.8 Å². The molecule has 0 saturated carbocycles. The molecule has 7 nitrogen and oxygen atoms in total. The Morgan fingerprint density at radius 3 is 2.44 bits per heavy atom. The lowest BCUT2D eigenvalue weighted by atomic mass is 9.89. The van der Waals surface area contributed by atoms with Crippen LogP contribution in [0.25, 0.3) is 0 Å². The number of hydrogen-bond acceptors (Lipinski definition) is 5. The van der Waals surface area contributed by atoms with Crippen LogP contribution in [0.15, 0.2) is 49.1 Å². The van der Waals surface area contributed by atoms with Gasteiger partial charge in [-0.15, -0.1) is 0 Å². The number of aromatic nitrogens is 2. The van der Waals surface area contributed by atoms with Gasteiger partial charge in [-0.1, -0.05) is 6.07 Å². The number of likely N-dealkylation sites (tertiary alicyclic amines) is 1. The summed E-state index contributed by atoms with van der Waals surface area (Å²) in [5, 5.41) is 0. The first-order valence-corrected chi connectivity index (χ1v) is 9.20. The zero-order chi connectivity index (χ0) is 18.6. The molecule has 27 heavy (non-hydrogen) atoms. The number of ether oxygens (including phenoxy) is 1. The van der Waals surface area contributed by atoms with Gasteiger partial charge in [0, 0.05) is 62.4 Å². The van der Waals surface area contributed by atoms with E-state index in [9.17, 15) is 9.59 Å². The fraction of sp³-hybridized carbons (Fsp3) is 0.400. The second-order valence-corrected chi connectivity index (χ2v) is 6.88. The van der Waals surface area contributed by atoms with E-state index < -0.39 is 0 Å². The highest BCUT2D eigenvalue weighted by molar-refractivity contribution is 5.95. The Kier molecular flexibility index (Phi) is 5.11. The molecule has 140 valence electrons. The molecule has 0 spiro atoms. The van der Waals surface area contributed by atoms with Gasteiger partial charge in [0.2, 0.25) is 5.91 Å². The first kappa shape index (κ1) is 17.6. The van der Waals surface area contributed by atoms with Crippen molar-refractivity contribution in [1.82, 2.24) is 19.8 Å². The van der Waals surface area contributed by atoms with Gasteiger partial charge in [0.05, 0.1) is 19.1 Å². The molecule has 0 aliphatic carbocycles. The zero-order valence-electron chi connectivity index (χ0n) is 15.0. The van der Waals surface area contributed by atoms with Crippen molar-refractivity contribution in [2.75, 3.05) is 39.4 Å². The highest BCUT2D eigenvalue weighted by Crippen LogP contribution is 2.34. The van der Waals surface area contributed by atoms with E-state index in [0.29, 0.717) is 45.0 Å². The molecule has 0 aromatic carbocycles. The zero-order valence-corrected chi connectivity index (χ0v) is 15.0. The summed E-state index contributed by atoms with van der Waals surface area (Å²) in [6, 6.07) is 7.27. The lowest BCUT2D eigenvalue weighted by Gasteiger charge is -2.30. The van der Waals surface area contributed by atoms with Crippen molar-refractivity contribution >= 4 is 11.8 Å². The van der Waals surface area contributed by atoms with Crippen LogP contribution in [0.3, 0.4) is 0 Å². The van der Waals surface area contributed by atoms with Crippen LogP contribution < -0.4 is 0 Å². The molecule has 2 aromatic rings. The minimum Gasteiger partial charge on any atom is -0.378 e. The minimum absolute atomic E-state index is 0.0557. The summed E-state index contributed by atoms with van der Waals surface area (Å²) in [4.78, 5) is 37.9. The van der Waals surface area contributed by atoms with Crippen molar-refractivity contribution < 1.29 is 14.3 Å². The van der Waals surface area contributed by atoms with Gasteiger partial charge in [0.1, 0.15) is 0 Å². The molecular weight excluding hydrogens is 344 g/mol. The quantitative estimate of drug-likeness (QED) is 0.816. The van der Waals surface area contributed by atoms with E-state index in [-0.39, 0.29) is 23.7 Å². The van der Waals surface area contributed by atoms with Gasteiger partial charge >= 0.3 is 0 Å². The van der Waals surface area contributed by atoms with Crippen LogP contribution in [-0.2, 0) is 9.53 Å². The fourth-order valence-electron chi connectivity index (χ4n) is 3.85. The number of rotatable bonds is 3. The molecule has 2 fully saturated rings. The maximum atomic E-state index is 13.2. The van der Waals surface area contributed by atoms with E-state index in [4.69, 9.17) is 4.74 Å². The summed E-state index contributed by atoms with van der Waals surface area (Å²) in [6.45, 7) is 3.26. The maximum absolute atomic E-state index is 13.2. The molecule has 2 unspecified atom stereocenters. The van der Waals surface area contributed by atoms with E-state index in [1.165, 1.54) is 0 Å². The van der Waals surface area contributed by atoms with E-state index >= 15 is 0 Å². The first-order valence-electron chi connectivity index (χ1n) is 9.20. The highest BCUT2D eigenvalue weighted by Gasteiger charge is 2.42. The summed E-state index contributed by atoms with van der Waals surface area (Å²) in [6.07, 6.45) is 6.73. The van der Waals surface area contributed by atoms with Crippen LogP contribution >= 0.6 is 0 Å². The number of hydrogen-bond donors (Lipinski definition) is 0. The van der Waals surface area contributed by atoms with E-state index in [1.807, 2.05) is 17.0 Å². The smallest absolute Gasteiger partial charge is 0.254 e. The third-order valence-corrected chi connectivity index (χ3v) is 5.29. The van der Waals surface area contributed by atoms with Crippen molar-refractivity contribution in [3.8, 4) is 0 Å². The monoisotopic (exact) mass is 366 g/mol. The second-order valence-electron chi connectivity index (χ2n) is 6.88. The molecule has 0 N–H and O–H groups in total. The van der Waals surface area contributed by atoms with Crippen molar-refractivity contribution in [1.29, 1.82) is 0 Å². The molecule has 2 amide bonds. The Morgan fingerprint density at radius 1 is 0.963 bits per heavy atom. The average Bonchev–Trinajstić information content (AvgIpc) is 3.20. The van der Waals surface area contributed by atoms with Crippen LogP contribution in [-0.4, -0.2) is 71.0 Å². The van der Waals surface area contributed by atoms with Crippen LogP contribution in [0.1, 0.15) is 21.8 Å². The Bertz CT molecular complexity index is 793. The van der Waals surface area contributed by atoms with Crippen LogP contribution in [0.2, 0.25) is 0 Å². The number of carbonyl (C=O) groups is 2. The Hall–Kier alpha value is -2.80. The molecule has 2 aliphatic rings. The molecule has 2 saturated heterocycles. The van der Waals surface area contributed by atoms with Crippen molar-refractivity contribution in [3.05, 3.63) is 60.2 Å². The van der Waals surface area contributed by atoms with E-state index in [1.54, 1.807) is 41.8 Å². The summed E-state index contributed by atoms with van der Waals surface area (Å²) in [7, 11) is 0. The van der Waals surface area contributed by atoms with Crippen molar-refractivity contribution in [2.24, 2.45) is 5.92 Å². The van der Waals surface area contributed by atoms with Gasteiger partial charge < -0.3 is 14.5 Å². The molecule has 0 bridgehead atoms. The van der Waals surface area contributed by atoms with Crippen LogP contribution in [0.5, 0.6) is 0 Å². The number of nitrogens with zero attached hydrogens (tertiary/aromatic N) is 4. The number of pyridine rings is 2. The normalized spacial score (nSPS) is 22.7. The van der Waals surface area contributed by atoms with Gasteiger partial charge in [0.15, 0.2) is 0 Å². The van der Waals surface area contributed by atoms with Crippen molar-refractivity contribution in [3.63, 3.8) is 0 Å². The summed E-state index contributed by atoms with van der Waals surface area (Å²) >= 11 is 0. The Labute approximate surface area is 158 Å². The van der Waals surface area contributed by atoms with Crippen molar-refractivity contribution in [2.45, 2.75) is 5.92 Å². The average molecular weight is 366 g/mol. The summed E-state index contributed by atoms with van der Waals surface area (Å²) < 4.78 is 5.37. The molecular formula is C20H22N4O3. The first-order chi connectivity index (χ1) is 13.2. The molecule has 7 heteroatoms. The number of carbonyl (C=O) groups excluding carboxylic acids is 2. The standard InChI is InChI=1S/C20H22N4O3/c25-19(15-3-6-21-7-4-15)24-13-17(16-2-1-5-22-12-16)18(14-24)20(26)23-8-10-27-11-9-23/h1-7,12,17-18H,8-11,13-14H2. The molecule has 2 aromatic heterocycles. The molecule has 2 atom stereocenters. The van der Waals surface area contributed by atoms with Crippen LogP contribution in [0, 0.1) is 5.92 Å². The largest absolute Gasteiger partial charge is 0.378 e. The third-order valence-electron chi connectivity index (χ3n) is 5.29. The summed E-state index contributed by atoms with van der Waals surface area (Å²) in [5.41, 5.74) is 1.59. The molecule has 0 radical (unpaired) electrons. The summed E-state index contributed by atoms with van der Waals surface area (Å²) in [5.74, 6) is -0.293. The highest BCUT2D eigenvalue weighted by atomic mass is 16.5.